The normalized spacial score (nSPS) is 12.4. The third kappa shape index (κ3) is 4.14. The van der Waals surface area contributed by atoms with Crippen molar-refractivity contribution in [2.75, 3.05) is 6.61 Å². The first-order chi connectivity index (χ1) is 12.2. The Morgan fingerprint density at radius 1 is 0.800 bits per heavy atom. The van der Waals surface area contributed by atoms with E-state index in [1.54, 1.807) is 12.2 Å². The maximum absolute atomic E-state index is 12.3. The van der Waals surface area contributed by atoms with Gasteiger partial charge in [-0.15, -0.1) is 0 Å². The molecule has 0 fully saturated rings. The van der Waals surface area contributed by atoms with Crippen LogP contribution in [0.5, 0.6) is 5.75 Å². The quantitative estimate of drug-likeness (QED) is 0.751. The third-order valence-electron chi connectivity index (χ3n) is 3.60. The highest BCUT2D eigenvalue weighted by Crippen LogP contribution is 2.11. The summed E-state index contributed by atoms with van der Waals surface area (Å²) in [5.74, 6) is 0.759. The summed E-state index contributed by atoms with van der Waals surface area (Å²) >= 11 is 0. The second-order valence-electron chi connectivity index (χ2n) is 5.44. The summed E-state index contributed by atoms with van der Waals surface area (Å²) in [4.78, 5) is 29.8. The molecule has 3 aromatic rings. The molecule has 1 heterocycles. The Morgan fingerprint density at radius 2 is 1.32 bits per heavy atom. The van der Waals surface area contributed by atoms with E-state index >= 15 is 0 Å². The van der Waals surface area contributed by atoms with Gasteiger partial charge in [-0.25, -0.2) is 0 Å². The van der Waals surface area contributed by atoms with Crippen LogP contribution in [-0.2, 0) is 0 Å². The second-order valence-corrected chi connectivity index (χ2v) is 5.44. The standard InChI is InChI=1S/C20H18N2O3/c1-2-25-16-10-8-15(9-11-16)13-18-20(24)21-17(19(23)22-18)12-14-6-4-3-5-7-14/h3-13H,2H2,1H3,(H,21,24)(H,22,23). The highest BCUT2D eigenvalue weighted by Gasteiger charge is 1.97. The number of ether oxygens (including phenoxy) is 1. The van der Waals surface area contributed by atoms with Gasteiger partial charge in [-0.3, -0.25) is 9.59 Å². The summed E-state index contributed by atoms with van der Waals surface area (Å²) in [6.07, 6.45) is 3.27. The highest BCUT2D eigenvalue weighted by atomic mass is 16.5. The minimum atomic E-state index is -0.351. The molecule has 126 valence electrons. The molecule has 0 unspecified atom stereocenters. The van der Waals surface area contributed by atoms with Crippen molar-refractivity contribution in [2.45, 2.75) is 6.92 Å². The predicted molar refractivity (Wildman–Crippen MR) is 98.1 cm³/mol. The molecule has 0 amide bonds. The lowest BCUT2D eigenvalue weighted by Crippen LogP contribution is -2.46. The second kappa shape index (κ2) is 7.49. The lowest BCUT2D eigenvalue weighted by atomic mass is 10.2. The molecule has 0 aliphatic heterocycles. The van der Waals surface area contributed by atoms with Crippen LogP contribution < -0.4 is 26.6 Å². The summed E-state index contributed by atoms with van der Waals surface area (Å²) in [5.41, 5.74) is 0.938. The van der Waals surface area contributed by atoms with Gasteiger partial charge in [-0.05, 0) is 42.3 Å². The largest absolute Gasteiger partial charge is 0.494 e. The van der Waals surface area contributed by atoms with E-state index in [4.69, 9.17) is 4.74 Å². The van der Waals surface area contributed by atoms with Crippen LogP contribution in [0.15, 0.2) is 64.2 Å². The molecular formula is C20H18N2O3. The Balaban J connectivity index is 2.02. The Kier molecular flexibility index (Phi) is 4.95. The van der Waals surface area contributed by atoms with Gasteiger partial charge in [0.25, 0.3) is 11.1 Å². The van der Waals surface area contributed by atoms with Crippen molar-refractivity contribution in [3.05, 3.63) is 97.1 Å². The molecule has 0 aliphatic rings. The van der Waals surface area contributed by atoms with E-state index in [2.05, 4.69) is 9.97 Å². The molecule has 0 saturated heterocycles. The SMILES string of the molecule is CCOc1ccc(C=c2[nH]c(=O)c(=Cc3ccccc3)[nH]c2=O)cc1. The Labute approximate surface area is 144 Å². The maximum Gasteiger partial charge on any atom is 0.272 e. The van der Waals surface area contributed by atoms with Crippen LogP contribution >= 0.6 is 0 Å². The van der Waals surface area contributed by atoms with E-state index in [0.29, 0.717) is 6.61 Å². The van der Waals surface area contributed by atoms with E-state index in [0.717, 1.165) is 16.9 Å². The summed E-state index contributed by atoms with van der Waals surface area (Å²) in [7, 11) is 0. The lowest BCUT2D eigenvalue weighted by molar-refractivity contribution is 0.340. The minimum absolute atomic E-state index is 0.208. The lowest BCUT2D eigenvalue weighted by Gasteiger charge is -2.02. The van der Waals surface area contributed by atoms with Gasteiger partial charge >= 0.3 is 0 Å². The Morgan fingerprint density at radius 3 is 1.84 bits per heavy atom. The molecule has 0 aliphatic carbocycles. The monoisotopic (exact) mass is 334 g/mol. The first-order valence-corrected chi connectivity index (χ1v) is 7.99. The zero-order valence-corrected chi connectivity index (χ0v) is 13.8. The van der Waals surface area contributed by atoms with Gasteiger partial charge in [-0.2, -0.15) is 0 Å². The fraction of sp³-hybridized carbons (Fsp3) is 0.100. The average Bonchev–Trinajstić information content (AvgIpc) is 2.62. The van der Waals surface area contributed by atoms with Crippen LogP contribution in [0.1, 0.15) is 18.1 Å². The Bertz CT molecular complexity index is 1080. The predicted octanol–water partition coefficient (Wildman–Crippen LogP) is 1.12. The number of nitrogens with one attached hydrogen (secondary N) is 2. The van der Waals surface area contributed by atoms with Crippen molar-refractivity contribution in [2.24, 2.45) is 0 Å². The molecule has 1 aromatic heterocycles. The number of aromatic nitrogens is 2. The van der Waals surface area contributed by atoms with Crippen LogP contribution in [0.2, 0.25) is 0 Å². The van der Waals surface area contributed by atoms with Crippen LogP contribution in [-0.4, -0.2) is 16.6 Å². The summed E-state index contributed by atoms with van der Waals surface area (Å²) in [5, 5.41) is 0.430. The van der Waals surface area contributed by atoms with Crippen LogP contribution in [0.3, 0.4) is 0 Å². The number of benzene rings is 2. The molecule has 0 radical (unpaired) electrons. The first-order valence-electron chi connectivity index (χ1n) is 7.99. The average molecular weight is 334 g/mol. The van der Waals surface area contributed by atoms with Crippen molar-refractivity contribution in [3.63, 3.8) is 0 Å². The molecule has 0 spiro atoms. The van der Waals surface area contributed by atoms with Crippen molar-refractivity contribution in [1.29, 1.82) is 0 Å². The van der Waals surface area contributed by atoms with Gasteiger partial charge in [0.2, 0.25) is 0 Å². The number of rotatable bonds is 4. The van der Waals surface area contributed by atoms with E-state index in [-0.39, 0.29) is 21.8 Å². The molecule has 0 bridgehead atoms. The number of hydrogen-bond donors (Lipinski definition) is 2. The number of H-pyrrole nitrogens is 2. The summed E-state index contributed by atoms with van der Waals surface area (Å²) < 4.78 is 5.38. The molecule has 0 saturated carbocycles. The Hall–Kier alpha value is -3.34. The molecule has 25 heavy (non-hydrogen) atoms. The molecule has 2 aromatic carbocycles. The van der Waals surface area contributed by atoms with Crippen molar-refractivity contribution < 1.29 is 4.74 Å². The fourth-order valence-electron chi connectivity index (χ4n) is 2.41. The molecule has 5 heteroatoms. The number of aromatic amines is 2. The third-order valence-corrected chi connectivity index (χ3v) is 3.60. The van der Waals surface area contributed by atoms with Gasteiger partial charge in [0.15, 0.2) is 0 Å². The van der Waals surface area contributed by atoms with E-state index in [1.165, 1.54) is 0 Å². The van der Waals surface area contributed by atoms with Crippen LogP contribution in [0.25, 0.3) is 12.2 Å². The molecule has 5 nitrogen and oxygen atoms in total. The van der Waals surface area contributed by atoms with Crippen LogP contribution in [0, 0.1) is 0 Å². The highest BCUT2D eigenvalue weighted by molar-refractivity contribution is 5.50. The van der Waals surface area contributed by atoms with Gasteiger partial charge in [0.05, 0.1) is 6.61 Å². The zero-order chi connectivity index (χ0) is 17.6. The van der Waals surface area contributed by atoms with Crippen molar-refractivity contribution in [3.8, 4) is 5.75 Å². The first kappa shape index (κ1) is 16.5. The van der Waals surface area contributed by atoms with E-state index in [1.807, 2.05) is 61.5 Å². The maximum atomic E-state index is 12.3. The van der Waals surface area contributed by atoms with Gasteiger partial charge < -0.3 is 14.7 Å². The van der Waals surface area contributed by atoms with Crippen LogP contribution in [0.4, 0.5) is 0 Å². The zero-order valence-electron chi connectivity index (χ0n) is 13.8. The van der Waals surface area contributed by atoms with Gasteiger partial charge in [0, 0.05) is 0 Å². The van der Waals surface area contributed by atoms with Gasteiger partial charge in [0.1, 0.15) is 16.4 Å². The molecular weight excluding hydrogens is 316 g/mol. The molecule has 2 N–H and O–H groups in total. The molecule has 3 rings (SSSR count). The van der Waals surface area contributed by atoms with Crippen molar-refractivity contribution in [1.82, 2.24) is 9.97 Å². The van der Waals surface area contributed by atoms with E-state index in [9.17, 15) is 9.59 Å². The smallest absolute Gasteiger partial charge is 0.272 e. The number of hydrogen-bond acceptors (Lipinski definition) is 3. The van der Waals surface area contributed by atoms with E-state index < -0.39 is 0 Å². The summed E-state index contributed by atoms with van der Waals surface area (Å²) in [6.45, 7) is 2.51. The topological polar surface area (TPSA) is 75.0 Å². The van der Waals surface area contributed by atoms with Gasteiger partial charge in [-0.1, -0.05) is 42.5 Å². The summed E-state index contributed by atoms with van der Waals surface area (Å²) in [6, 6.07) is 16.6. The molecule has 0 atom stereocenters. The van der Waals surface area contributed by atoms with Crippen molar-refractivity contribution >= 4 is 12.2 Å². The fourth-order valence-corrected chi connectivity index (χ4v) is 2.41. The minimum Gasteiger partial charge on any atom is -0.494 e.